The minimum atomic E-state index is -0.0206. The molecule has 7 heteroatoms. The van der Waals surface area contributed by atoms with E-state index in [-0.39, 0.29) is 5.56 Å². The largest absolute Gasteiger partial charge is 0.370 e. The third-order valence-corrected chi connectivity index (χ3v) is 5.56. The number of ether oxygens (including phenoxy) is 1. The van der Waals surface area contributed by atoms with E-state index in [0.717, 1.165) is 61.4 Å². The van der Waals surface area contributed by atoms with Crippen molar-refractivity contribution in [2.24, 2.45) is 0 Å². The number of rotatable bonds is 6. The molecule has 2 heterocycles. The van der Waals surface area contributed by atoms with Gasteiger partial charge in [0.2, 0.25) is 0 Å². The molecule has 0 bridgehead atoms. The number of hydrogen-bond donors (Lipinski definition) is 4. The first-order chi connectivity index (χ1) is 13.0. The van der Waals surface area contributed by atoms with Gasteiger partial charge in [-0.1, -0.05) is 12.1 Å². The molecular weight excluding hydrogens is 360 g/mol. The number of quaternary nitrogens is 1. The Bertz CT molecular complexity index is 859. The molecule has 4 N–H and O–H groups in total. The molecule has 6 nitrogen and oxygen atoms in total. The van der Waals surface area contributed by atoms with Crippen LogP contribution in [0.15, 0.2) is 23.0 Å². The fourth-order valence-corrected chi connectivity index (χ4v) is 3.60. The predicted octanol–water partition coefficient (Wildman–Crippen LogP) is 0.0666. The zero-order chi connectivity index (χ0) is 19.2. The number of aryl methyl sites for hydroxylation is 2. The summed E-state index contributed by atoms with van der Waals surface area (Å²) in [6.07, 6.45) is 0.634. The normalized spacial score (nSPS) is 15.0. The maximum absolute atomic E-state index is 12.4. The first-order valence-electron chi connectivity index (χ1n) is 9.59. The van der Waals surface area contributed by atoms with Crippen LogP contribution >= 0.6 is 12.2 Å². The number of aromatic nitrogens is 1. The van der Waals surface area contributed by atoms with Crippen LogP contribution in [0.3, 0.4) is 0 Å². The highest BCUT2D eigenvalue weighted by molar-refractivity contribution is 7.80. The molecule has 0 amide bonds. The Kier molecular flexibility index (Phi) is 6.82. The molecular formula is C20H29N4O2S+. The van der Waals surface area contributed by atoms with E-state index in [2.05, 4.69) is 34.7 Å². The maximum atomic E-state index is 12.4. The summed E-state index contributed by atoms with van der Waals surface area (Å²) < 4.78 is 5.36. The van der Waals surface area contributed by atoms with Crippen molar-refractivity contribution in [2.45, 2.75) is 20.3 Å². The molecule has 0 atom stereocenters. The van der Waals surface area contributed by atoms with Crippen LogP contribution in [0.25, 0.3) is 10.9 Å². The van der Waals surface area contributed by atoms with E-state index >= 15 is 0 Å². The molecule has 0 unspecified atom stereocenters. The SMILES string of the molecule is Cc1ccc2cc(CCNC(=S)NCC[NH+]3CCOCC3)c(=O)[nH]c2c1C. The Morgan fingerprint density at radius 1 is 1.22 bits per heavy atom. The maximum Gasteiger partial charge on any atom is 0.251 e. The van der Waals surface area contributed by atoms with Crippen molar-refractivity contribution in [2.75, 3.05) is 45.9 Å². The van der Waals surface area contributed by atoms with Crippen LogP contribution in [0.5, 0.6) is 0 Å². The van der Waals surface area contributed by atoms with Gasteiger partial charge in [0.05, 0.1) is 31.8 Å². The Hall–Kier alpha value is -1.96. The standard InChI is InChI=1S/C20H28N4O2S/c1-14-3-4-16-13-17(19(25)23-18(16)15(14)2)5-6-21-20(27)22-7-8-24-9-11-26-12-10-24/h3-4,13H,5-12H2,1-2H3,(H,23,25)(H2,21,22,27)/p+1. The van der Waals surface area contributed by atoms with Crippen molar-refractivity contribution >= 4 is 28.2 Å². The fraction of sp³-hybridized carbons (Fsp3) is 0.500. The zero-order valence-electron chi connectivity index (χ0n) is 16.1. The molecule has 1 saturated heterocycles. The van der Waals surface area contributed by atoms with Gasteiger partial charge in [-0.2, -0.15) is 0 Å². The first kappa shape index (κ1) is 19.8. The number of hydrogen-bond acceptors (Lipinski definition) is 3. The second-order valence-electron chi connectivity index (χ2n) is 7.14. The topological polar surface area (TPSA) is 70.6 Å². The summed E-state index contributed by atoms with van der Waals surface area (Å²) in [6.45, 7) is 10.4. The van der Waals surface area contributed by atoms with E-state index in [0.29, 0.717) is 18.1 Å². The summed E-state index contributed by atoms with van der Waals surface area (Å²) in [5.74, 6) is 0. The Morgan fingerprint density at radius 2 is 1.96 bits per heavy atom. The smallest absolute Gasteiger partial charge is 0.251 e. The Balaban J connectivity index is 1.47. The van der Waals surface area contributed by atoms with E-state index in [1.165, 1.54) is 5.56 Å². The molecule has 1 aliphatic heterocycles. The summed E-state index contributed by atoms with van der Waals surface area (Å²) in [7, 11) is 0. The molecule has 0 aliphatic carbocycles. The van der Waals surface area contributed by atoms with Crippen LogP contribution in [-0.2, 0) is 11.2 Å². The highest BCUT2D eigenvalue weighted by Gasteiger charge is 2.13. The van der Waals surface area contributed by atoms with Crippen LogP contribution in [-0.4, -0.2) is 56.0 Å². The molecule has 2 aromatic rings. The van der Waals surface area contributed by atoms with Gasteiger partial charge in [0, 0.05) is 12.1 Å². The molecule has 1 aromatic carbocycles. The van der Waals surface area contributed by atoms with Crippen LogP contribution in [0.4, 0.5) is 0 Å². The lowest BCUT2D eigenvalue weighted by Gasteiger charge is -2.24. The van der Waals surface area contributed by atoms with E-state index in [1.807, 2.05) is 13.0 Å². The lowest BCUT2D eigenvalue weighted by Crippen LogP contribution is -3.14. The van der Waals surface area contributed by atoms with Crippen molar-refractivity contribution < 1.29 is 9.64 Å². The molecule has 3 rings (SSSR count). The van der Waals surface area contributed by atoms with Gasteiger partial charge in [-0.05, 0) is 55.1 Å². The molecule has 0 saturated carbocycles. The number of morpholine rings is 1. The molecule has 1 aromatic heterocycles. The van der Waals surface area contributed by atoms with E-state index in [4.69, 9.17) is 17.0 Å². The number of thiocarbonyl (C=S) groups is 1. The Morgan fingerprint density at radius 3 is 2.74 bits per heavy atom. The van der Waals surface area contributed by atoms with Gasteiger partial charge in [0.15, 0.2) is 5.11 Å². The highest BCUT2D eigenvalue weighted by atomic mass is 32.1. The van der Waals surface area contributed by atoms with Crippen molar-refractivity contribution in [1.29, 1.82) is 0 Å². The average molecular weight is 390 g/mol. The van der Waals surface area contributed by atoms with Crippen molar-refractivity contribution in [1.82, 2.24) is 15.6 Å². The van der Waals surface area contributed by atoms with E-state index in [9.17, 15) is 4.79 Å². The highest BCUT2D eigenvalue weighted by Crippen LogP contribution is 2.18. The van der Waals surface area contributed by atoms with Gasteiger partial charge in [0.25, 0.3) is 5.56 Å². The van der Waals surface area contributed by atoms with Gasteiger partial charge >= 0.3 is 0 Å². The Labute approximate surface area is 165 Å². The fourth-order valence-electron chi connectivity index (χ4n) is 3.39. The third kappa shape index (κ3) is 5.28. The van der Waals surface area contributed by atoms with Gasteiger partial charge < -0.3 is 25.3 Å². The monoisotopic (exact) mass is 389 g/mol. The van der Waals surface area contributed by atoms with Crippen LogP contribution in [0.2, 0.25) is 0 Å². The summed E-state index contributed by atoms with van der Waals surface area (Å²) in [6, 6.07) is 6.14. The summed E-state index contributed by atoms with van der Waals surface area (Å²) in [5, 5.41) is 8.16. The predicted molar refractivity (Wildman–Crippen MR) is 113 cm³/mol. The number of benzene rings is 1. The summed E-state index contributed by atoms with van der Waals surface area (Å²) in [5.41, 5.74) is 4.00. The number of nitrogens with one attached hydrogen (secondary N) is 4. The zero-order valence-corrected chi connectivity index (χ0v) is 16.9. The van der Waals surface area contributed by atoms with E-state index < -0.39 is 0 Å². The lowest BCUT2D eigenvalue weighted by atomic mass is 10.0. The lowest BCUT2D eigenvalue weighted by molar-refractivity contribution is -0.906. The van der Waals surface area contributed by atoms with Crippen LogP contribution in [0.1, 0.15) is 16.7 Å². The number of fused-ring (bicyclic) bond motifs is 1. The van der Waals surface area contributed by atoms with Gasteiger partial charge in [0.1, 0.15) is 13.1 Å². The van der Waals surface area contributed by atoms with Crippen LogP contribution in [0, 0.1) is 13.8 Å². The van der Waals surface area contributed by atoms with Gasteiger partial charge in [-0.15, -0.1) is 0 Å². The summed E-state index contributed by atoms with van der Waals surface area (Å²) >= 11 is 5.34. The third-order valence-electron chi connectivity index (χ3n) is 5.27. The van der Waals surface area contributed by atoms with Crippen LogP contribution < -0.4 is 21.1 Å². The molecule has 0 radical (unpaired) electrons. The minimum absolute atomic E-state index is 0.0206. The van der Waals surface area contributed by atoms with Crippen molar-refractivity contribution in [3.63, 3.8) is 0 Å². The quantitative estimate of drug-likeness (QED) is 0.527. The van der Waals surface area contributed by atoms with Gasteiger partial charge in [-0.25, -0.2) is 0 Å². The van der Waals surface area contributed by atoms with Crippen molar-refractivity contribution in [3.05, 3.63) is 45.2 Å². The molecule has 146 valence electrons. The second-order valence-corrected chi connectivity index (χ2v) is 7.55. The molecule has 1 fully saturated rings. The molecule has 0 spiro atoms. The number of aromatic amines is 1. The second kappa shape index (κ2) is 9.30. The number of pyridine rings is 1. The van der Waals surface area contributed by atoms with Gasteiger partial charge in [-0.3, -0.25) is 4.79 Å². The minimum Gasteiger partial charge on any atom is -0.370 e. The van der Waals surface area contributed by atoms with Crippen molar-refractivity contribution in [3.8, 4) is 0 Å². The first-order valence-corrected chi connectivity index (χ1v) is 10.0. The molecule has 27 heavy (non-hydrogen) atoms. The molecule has 1 aliphatic rings. The van der Waals surface area contributed by atoms with E-state index in [1.54, 1.807) is 4.90 Å². The average Bonchev–Trinajstić information content (AvgIpc) is 2.67. The number of H-pyrrole nitrogens is 1. The summed E-state index contributed by atoms with van der Waals surface area (Å²) in [4.78, 5) is 17.0.